The van der Waals surface area contributed by atoms with Crippen molar-refractivity contribution in [2.45, 2.75) is 0 Å². The van der Waals surface area contributed by atoms with Crippen LogP contribution in [0.1, 0.15) is 0 Å². The monoisotopic (exact) mass is 213 g/mol. The highest BCUT2D eigenvalue weighted by Gasteiger charge is 2.08. The van der Waals surface area contributed by atoms with Crippen LogP contribution in [0.15, 0.2) is 41.7 Å². The number of aromatic nitrogens is 5. The third-order valence-electron chi connectivity index (χ3n) is 2.24. The summed E-state index contributed by atoms with van der Waals surface area (Å²) < 4.78 is 1.53. The number of H-pyrrole nitrogens is 1. The molecule has 0 saturated carbocycles. The zero-order chi connectivity index (χ0) is 11.0. The van der Waals surface area contributed by atoms with Gasteiger partial charge in [0.2, 0.25) is 0 Å². The Morgan fingerprint density at radius 2 is 2.19 bits per heavy atom. The van der Waals surface area contributed by atoms with Crippen LogP contribution >= 0.6 is 0 Å². The van der Waals surface area contributed by atoms with Crippen molar-refractivity contribution >= 4 is 11.0 Å². The fourth-order valence-electron chi connectivity index (χ4n) is 1.50. The van der Waals surface area contributed by atoms with Crippen molar-refractivity contribution in [2.24, 2.45) is 0 Å². The lowest BCUT2D eigenvalue weighted by molar-refractivity contribution is 0.861. The Balaban J connectivity index is 2.34. The van der Waals surface area contributed by atoms with Gasteiger partial charge < -0.3 is 4.98 Å². The first kappa shape index (κ1) is 8.78. The van der Waals surface area contributed by atoms with Gasteiger partial charge in [-0.2, -0.15) is 9.78 Å². The summed E-state index contributed by atoms with van der Waals surface area (Å²) in [6.45, 7) is 0. The number of hydrogen-bond acceptors (Lipinski definition) is 4. The molecule has 0 atom stereocenters. The van der Waals surface area contributed by atoms with Crippen LogP contribution in [0.4, 0.5) is 0 Å². The Morgan fingerprint density at radius 3 is 3.00 bits per heavy atom. The zero-order valence-corrected chi connectivity index (χ0v) is 8.16. The Morgan fingerprint density at radius 1 is 1.25 bits per heavy atom. The number of nitrogens with one attached hydrogen (secondary N) is 1. The summed E-state index contributed by atoms with van der Waals surface area (Å²) in [7, 11) is 0. The first-order chi connectivity index (χ1) is 7.86. The van der Waals surface area contributed by atoms with Crippen LogP contribution in [-0.4, -0.2) is 24.7 Å². The van der Waals surface area contributed by atoms with E-state index in [1.807, 2.05) is 12.1 Å². The molecule has 6 heteroatoms. The molecule has 0 aliphatic carbocycles. The van der Waals surface area contributed by atoms with E-state index < -0.39 is 0 Å². The van der Waals surface area contributed by atoms with Gasteiger partial charge >= 0.3 is 0 Å². The SMILES string of the molecule is O=c1[nH]cnc2c1cnn2-c1ccccn1. The lowest BCUT2D eigenvalue weighted by Gasteiger charge is -1.99. The molecule has 3 aromatic heterocycles. The van der Waals surface area contributed by atoms with Gasteiger partial charge in [-0.25, -0.2) is 9.97 Å². The lowest BCUT2D eigenvalue weighted by Crippen LogP contribution is -2.07. The molecule has 0 unspecified atom stereocenters. The largest absolute Gasteiger partial charge is 0.312 e. The fraction of sp³-hybridized carbons (Fsp3) is 0. The van der Waals surface area contributed by atoms with E-state index in [4.69, 9.17) is 0 Å². The molecule has 0 aliphatic rings. The Labute approximate surface area is 89.6 Å². The lowest BCUT2D eigenvalue weighted by atomic mass is 10.4. The molecule has 0 fully saturated rings. The molecule has 3 heterocycles. The standard InChI is InChI=1S/C10H7N5O/c16-10-7-5-14-15(9(7)12-6-13-10)8-3-1-2-4-11-8/h1-6H,(H,12,13,16). The van der Waals surface area contributed by atoms with Gasteiger partial charge in [-0.3, -0.25) is 4.79 Å². The molecule has 0 aliphatic heterocycles. The minimum atomic E-state index is -0.202. The smallest absolute Gasteiger partial charge is 0.261 e. The summed E-state index contributed by atoms with van der Waals surface area (Å²) in [4.78, 5) is 22.2. The minimum absolute atomic E-state index is 0.202. The van der Waals surface area contributed by atoms with Crippen LogP contribution in [-0.2, 0) is 0 Å². The van der Waals surface area contributed by atoms with Crippen LogP contribution in [0.25, 0.3) is 16.9 Å². The van der Waals surface area contributed by atoms with Gasteiger partial charge in [0.05, 0.1) is 12.5 Å². The van der Waals surface area contributed by atoms with Gasteiger partial charge in [-0.05, 0) is 12.1 Å². The first-order valence-corrected chi connectivity index (χ1v) is 4.69. The van der Waals surface area contributed by atoms with Gasteiger partial charge in [0, 0.05) is 6.20 Å². The molecule has 0 bridgehead atoms. The summed E-state index contributed by atoms with van der Waals surface area (Å²) in [5.74, 6) is 0.635. The summed E-state index contributed by atoms with van der Waals surface area (Å²) in [6, 6.07) is 5.47. The third-order valence-corrected chi connectivity index (χ3v) is 2.24. The number of aromatic amines is 1. The van der Waals surface area contributed by atoms with Crippen LogP contribution in [0.2, 0.25) is 0 Å². The van der Waals surface area contributed by atoms with E-state index in [1.54, 1.807) is 12.3 Å². The second-order valence-corrected chi connectivity index (χ2v) is 3.21. The van der Waals surface area contributed by atoms with Gasteiger partial charge in [-0.1, -0.05) is 6.07 Å². The quantitative estimate of drug-likeness (QED) is 0.638. The molecule has 0 aromatic carbocycles. The topological polar surface area (TPSA) is 76.5 Å². The number of pyridine rings is 1. The van der Waals surface area contributed by atoms with Crippen molar-refractivity contribution in [3.63, 3.8) is 0 Å². The van der Waals surface area contributed by atoms with Crippen LogP contribution < -0.4 is 5.56 Å². The maximum Gasteiger partial charge on any atom is 0.261 e. The molecule has 0 saturated heterocycles. The average Bonchev–Trinajstić information content (AvgIpc) is 2.75. The van der Waals surface area contributed by atoms with Crippen molar-refractivity contribution < 1.29 is 0 Å². The summed E-state index contributed by atoms with van der Waals surface area (Å²) >= 11 is 0. The molecule has 0 radical (unpaired) electrons. The predicted molar refractivity (Wildman–Crippen MR) is 57.3 cm³/mol. The van der Waals surface area contributed by atoms with Crippen molar-refractivity contribution in [1.29, 1.82) is 0 Å². The number of fused-ring (bicyclic) bond motifs is 1. The van der Waals surface area contributed by atoms with E-state index in [9.17, 15) is 4.79 Å². The van der Waals surface area contributed by atoms with E-state index in [1.165, 1.54) is 17.2 Å². The van der Waals surface area contributed by atoms with E-state index in [0.29, 0.717) is 16.9 Å². The van der Waals surface area contributed by atoms with Gasteiger partial charge in [0.15, 0.2) is 11.5 Å². The highest BCUT2D eigenvalue weighted by Crippen LogP contribution is 2.09. The van der Waals surface area contributed by atoms with Crippen LogP contribution in [0.3, 0.4) is 0 Å². The number of rotatable bonds is 1. The predicted octanol–water partition coefficient (Wildman–Crippen LogP) is 0.504. The minimum Gasteiger partial charge on any atom is -0.312 e. The average molecular weight is 213 g/mol. The molecular weight excluding hydrogens is 206 g/mol. The van der Waals surface area contributed by atoms with Gasteiger partial charge in [-0.15, -0.1) is 0 Å². The van der Waals surface area contributed by atoms with Crippen molar-refractivity contribution in [1.82, 2.24) is 24.7 Å². The highest BCUT2D eigenvalue weighted by atomic mass is 16.1. The maximum absolute atomic E-state index is 11.5. The van der Waals surface area contributed by atoms with E-state index in [0.717, 1.165) is 0 Å². The molecule has 0 amide bonds. The van der Waals surface area contributed by atoms with Gasteiger partial charge in [0.25, 0.3) is 5.56 Å². The molecule has 3 aromatic rings. The van der Waals surface area contributed by atoms with E-state index in [-0.39, 0.29) is 5.56 Å². The van der Waals surface area contributed by atoms with Crippen LogP contribution in [0, 0.1) is 0 Å². The molecule has 16 heavy (non-hydrogen) atoms. The molecular formula is C10H7N5O. The first-order valence-electron chi connectivity index (χ1n) is 4.69. The second kappa shape index (κ2) is 3.27. The third kappa shape index (κ3) is 1.20. The highest BCUT2D eigenvalue weighted by molar-refractivity contribution is 5.74. The summed E-state index contributed by atoms with van der Waals surface area (Å²) in [5, 5.41) is 4.55. The second-order valence-electron chi connectivity index (χ2n) is 3.21. The van der Waals surface area contributed by atoms with Crippen LogP contribution in [0.5, 0.6) is 0 Å². The zero-order valence-electron chi connectivity index (χ0n) is 8.16. The number of hydrogen-bond donors (Lipinski definition) is 1. The molecule has 6 nitrogen and oxygen atoms in total. The fourth-order valence-corrected chi connectivity index (χ4v) is 1.50. The molecule has 0 spiro atoms. The normalized spacial score (nSPS) is 10.8. The van der Waals surface area contributed by atoms with E-state index in [2.05, 4.69) is 20.1 Å². The van der Waals surface area contributed by atoms with E-state index >= 15 is 0 Å². The van der Waals surface area contributed by atoms with Crippen molar-refractivity contribution in [2.75, 3.05) is 0 Å². The summed E-state index contributed by atoms with van der Waals surface area (Å²) in [5.41, 5.74) is 0.301. The molecule has 78 valence electrons. The number of nitrogens with zero attached hydrogens (tertiary/aromatic N) is 4. The van der Waals surface area contributed by atoms with Gasteiger partial charge in [0.1, 0.15) is 5.39 Å². The van der Waals surface area contributed by atoms with Crippen molar-refractivity contribution in [3.8, 4) is 5.82 Å². The van der Waals surface area contributed by atoms with Crippen molar-refractivity contribution in [3.05, 3.63) is 47.3 Å². The molecule has 1 N–H and O–H groups in total. The Bertz CT molecular complexity index is 685. The maximum atomic E-state index is 11.5. The molecule has 3 rings (SSSR count). The Hall–Kier alpha value is -2.50. The summed E-state index contributed by atoms with van der Waals surface area (Å²) in [6.07, 6.45) is 4.50. The Kier molecular flexibility index (Phi) is 1.79.